The van der Waals surface area contributed by atoms with Gasteiger partial charge in [0.25, 0.3) is 0 Å². The van der Waals surface area contributed by atoms with E-state index in [1.165, 1.54) is 14.2 Å². The lowest BCUT2D eigenvalue weighted by atomic mass is 10.0. The molecule has 0 amide bonds. The van der Waals surface area contributed by atoms with E-state index in [9.17, 15) is 18.0 Å². The first kappa shape index (κ1) is 19.5. The number of benzene rings is 3. The Labute approximate surface area is 168 Å². The maximum Gasteiger partial charge on any atom is 0.345 e. The molecular weight excluding hydrogens is 399 g/mol. The summed E-state index contributed by atoms with van der Waals surface area (Å²) in [5.41, 5.74) is 0.889. The highest BCUT2D eigenvalue weighted by molar-refractivity contribution is 6.16. The van der Waals surface area contributed by atoms with E-state index >= 15 is 0 Å². The van der Waals surface area contributed by atoms with E-state index in [-0.39, 0.29) is 5.56 Å². The molecule has 0 fully saturated rings. The molecule has 0 aliphatic heterocycles. The van der Waals surface area contributed by atoms with E-state index in [0.29, 0.717) is 39.4 Å². The fourth-order valence-electron chi connectivity index (χ4n) is 3.19. The SMILES string of the molecule is COc1ccc2c(C(=O)Oc3ccc(F)c(F)c3F)c3c(OC)cccc3nc2c1. The minimum atomic E-state index is -1.73. The maximum absolute atomic E-state index is 14.1. The van der Waals surface area contributed by atoms with Gasteiger partial charge in [0, 0.05) is 11.5 Å². The second-order valence-electron chi connectivity index (χ2n) is 6.29. The van der Waals surface area contributed by atoms with E-state index in [4.69, 9.17) is 14.2 Å². The van der Waals surface area contributed by atoms with Gasteiger partial charge in [-0.3, -0.25) is 0 Å². The van der Waals surface area contributed by atoms with Gasteiger partial charge in [-0.15, -0.1) is 0 Å². The Balaban J connectivity index is 1.97. The fourth-order valence-corrected chi connectivity index (χ4v) is 3.19. The van der Waals surface area contributed by atoms with Crippen LogP contribution < -0.4 is 14.2 Å². The third-order valence-corrected chi connectivity index (χ3v) is 4.60. The predicted molar refractivity (Wildman–Crippen MR) is 104 cm³/mol. The van der Waals surface area contributed by atoms with E-state index in [1.807, 2.05) is 0 Å². The summed E-state index contributed by atoms with van der Waals surface area (Å²) in [6.45, 7) is 0. The topological polar surface area (TPSA) is 57.7 Å². The van der Waals surface area contributed by atoms with E-state index in [0.717, 1.165) is 6.07 Å². The quantitative estimate of drug-likeness (QED) is 0.203. The van der Waals surface area contributed by atoms with Crippen molar-refractivity contribution in [2.75, 3.05) is 14.2 Å². The first-order valence-corrected chi connectivity index (χ1v) is 8.74. The van der Waals surface area contributed by atoms with Crippen LogP contribution in [0.2, 0.25) is 0 Å². The molecule has 0 saturated heterocycles. The van der Waals surface area contributed by atoms with Gasteiger partial charge in [0.15, 0.2) is 17.4 Å². The lowest BCUT2D eigenvalue weighted by molar-refractivity contribution is 0.0730. The molecule has 152 valence electrons. The fraction of sp³-hybridized carbons (Fsp3) is 0.0909. The molecule has 1 aromatic heterocycles. The van der Waals surface area contributed by atoms with Crippen LogP contribution in [0.1, 0.15) is 10.4 Å². The minimum Gasteiger partial charge on any atom is -0.497 e. The van der Waals surface area contributed by atoms with Crippen molar-refractivity contribution in [2.45, 2.75) is 0 Å². The lowest BCUT2D eigenvalue weighted by Gasteiger charge is -2.14. The number of carbonyl (C=O) groups is 1. The van der Waals surface area contributed by atoms with E-state index < -0.39 is 29.2 Å². The number of hydrogen-bond donors (Lipinski definition) is 0. The number of fused-ring (bicyclic) bond motifs is 2. The lowest BCUT2D eigenvalue weighted by Crippen LogP contribution is -2.13. The zero-order valence-electron chi connectivity index (χ0n) is 15.8. The highest BCUT2D eigenvalue weighted by atomic mass is 19.2. The van der Waals surface area contributed by atoms with Gasteiger partial charge in [0.05, 0.1) is 36.2 Å². The number of hydrogen-bond acceptors (Lipinski definition) is 5. The molecule has 30 heavy (non-hydrogen) atoms. The second-order valence-corrected chi connectivity index (χ2v) is 6.29. The molecule has 0 atom stereocenters. The zero-order chi connectivity index (χ0) is 21.4. The number of nitrogens with zero attached hydrogens (tertiary/aromatic N) is 1. The summed E-state index contributed by atoms with van der Waals surface area (Å²) in [6.07, 6.45) is 0. The molecule has 4 aromatic rings. The van der Waals surface area contributed by atoms with Crippen molar-refractivity contribution >= 4 is 27.8 Å². The Morgan fingerprint density at radius 2 is 1.67 bits per heavy atom. The van der Waals surface area contributed by atoms with Gasteiger partial charge in [0.2, 0.25) is 5.82 Å². The molecule has 1 heterocycles. The molecule has 0 saturated carbocycles. The molecule has 0 aliphatic rings. The van der Waals surface area contributed by atoms with Crippen LogP contribution in [0.3, 0.4) is 0 Å². The highest BCUT2D eigenvalue weighted by Crippen LogP contribution is 2.35. The van der Waals surface area contributed by atoms with E-state index in [1.54, 1.807) is 36.4 Å². The maximum atomic E-state index is 14.1. The van der Waals surface area contributed by atoms with Crippen molar-refractivity contribution in [1.82, 2.24) is 4.98 Å². The molecule has 3 aromatic carbocycles. The molecule has 0 spiro atoms. The molecule has 8 heteroatoms. The molecule has 4 rings (SSSR count). The Kier molecular flexibility index (Phi) is 4.91. The normalized spacial score (nSPS) is 11.0. The molecule has 0 bridgehead atoms. The van der Waals surface area contributed by atoms with Crippen molar-refractivity contribution in [3.63, 3.8) is 0 Å². The molecule has 0 aliphatic carbocycles. The van der Waals surface area contributed by atoms with Crippen LogP contribution in [0.25, 0.3) is 21.8 Å². The molecule has 0 unspecified atom stereocenters. The number of aromatic nitrogens is 1. The summed E-state index contributed by atoms with van der Waals surface area (Å²) in [7, 11) is 2.92. The van der Waals surface area contributed by atoms with Gasteiger partial charge in [-0.1, -0.05) is 6.07 Å². The number of rotatable bonds is 4. The van der Waals surface area contributed by atoms with Crippen LogP contribution in [0.15, 0.2) is 48.5 Å². The Morgan fingerprint density at radius 3 is 2.40 bits per heavy atom. The number of halogens is 3. The van der Waals surface area contributed by atoms with Crippen molar-refractivity contribution in [3.8, 4) is 17.2 Å². The van der Waals surface area contributed by atoms with Gasteiger partial charge in [-0.2, -0.15) is 4.39 Å². The third-order valence-electron chi connectivity index (χ3n) is 4.60. The highest BCUT2D eigenvalue weighted by Gasteiger charge is 2.24. The van der Waals surface area contributed by atoms with Gasteiger partial charge >= 0.3 is 5.97 Å². The molecule has 0 N–H and O–H groups in total. The monoisotopic (exact) mass is 413 g/mol. The summed E-state index contributed by atoms with van der Waals surface area (Å²) >= 11 is 0. The van der Waals surface area contributed by atoms with Crippen LogP contribution in [-0.4, -0.2) is 25.2 Å². The first-order valence-electron chi connectivity index (χ1n) is 8.74. The van der Waals surface area contributed by atoms with Crippen molar-refractivity contribution in [3.05, 3.63) is 71.5 Å². The number of esters is 1. The minimum absolute atomic E-state index is 0.0410. The Hall–Kier alpha value is -3.81. The summed E-state index contributed by atoms with van der Waals surface area (Å²) in [6, 6.07) is 11.4. The van der Waals surface area contributed by atoms with Crippen molar-refractivity contribution in [2.24, 2.45) is 0 Å². The summed E-state index contributed by atoms with van der Waals surface area (Å²) in [5, 5.41) is 0.728. The first-order chi connectivity index (χ1) is 14.4. The second kappa shape index (κ2) is 7.55. The number of methoxy groups -OCH3 is 2. The number of ether oxygens (including phenoxy) is 3. The van der Waals surface area contributed by atoms with Gasteiger partial charge < -0.3 is 14.2 Å². The molecule has 5 nitrogen and oxygen atoms in total. The van der Waals surface area contributed by atoms with Gasteiger partial charge in [-0.05, 0) is 36.4 Å². The van der Waals surface area contributed by atoms with Gasteiger partial charge in [-0.25, -0.2) is 18.6 Å². The van der Waals surface area contributed by atoms with Crippen LogP contribution in [0.4, 0.5) is 13.2 Å². The standard InChI is InChI=1S/C22H14F3NO4/c1-28-11-6-7-12-15(10-11)26-14-4-3-5-16(29-2)19(14)18(12)22(27)30-17-9-8-13(23)20(24)21(17)25/h3-10H,1-2H3. The van der Waals surface area contributed by atoms with Crippen LogP contribution in [-0.2, 0) is 0 Å². The Bertz CT molecular complexity index is 1310. The summed E-state index contributed by atoms with van der Waals surface area (Å²) < 4.78 is 56.5. The number of carbonyl (C=O) groups excluding carboxylic acids is 1. The number of pyridine rings is 1. The predicted octanol–water partition coefficient (Wildman–Crippen LogP) is 5.04. The largest absolute Gasteiger partial charge is 0.497 e. The average molecular weight is 413 g/mol. The summed E-state index contributed by atoms with van der Waals surface area (Å²) in [5.74, 6) is -5.57. The molecular formula is C22H14F3NO4. The zero-order valence-corrected chi connectivity index (χ0v) is 15.8. The third kappa shape index (κ3) is 3.16. The smallest absolute Gasteiger partial charge is 0.345 e. The Morgan fingerprint density at radius 1 is 0.867 bits per heavy atom. The van der Waals surface area contributed by atoms with Crippen molar-refractivity contribution in [1.29, 1.82) is 0 Å². The van der Waals surface area contributed by atoms with E-state index in [2.05, 4.69) is 4.98 Å². The van der Waals surface area contributed by atoms with Gasteiger partial charge in [0.1, 0.15) is 11.5 Å². The summed E-state index contributed by atoms with van der Waals surface area (Å²) in [4.78, 5) is 17.6. The molecule has 0 radical (unpaired) electrons. The average Bonchev–Trinajstić information content (AvgIpc) is 2.76. The van der Waals surface area contributed by atoms with Crippen molar-refractivity contribution < 1.29 is 32.2 Å². The van der Waals surface area contributed by atoms with Crippen LogP contribution in [0, 0.1) is 17.5 Å². The van der Waals surface area contributed by atoms with Crippen LogP contribution >= 0.6 is 0 Å². The van der Waals surface area contributed by atoms with Crippen LogP contribution in [0.5, 0.6) is 17.2 Å².